The van der Waals surface area contributed by atoms with Crippen LogP contribution in [-0.4, -0.2) is 64.1 Å². The minimum absolute atomic E-state index is 0.00254. The average Bonchev–Trinajstić information content (AvgIpc) is 2.81. The smallest absolute Gasteiger partial charge is 0.271 e. The Bertz CT molecular complexity index is 526. The molecule has 126 valence electrons. The van der Waals surface area contributed by atoms with Crippen molar-refractivity contribution in [2.45, 2.75) is 31.8 Å². The molecule has 23 heavy (non-hydrogen) atoms. The number of aliphatic hydroxyl groups is 1. The molecule has 0 bridgehead atoms. The van der Waals surface area contributed by atoms with E-state index in [1.165, 1.54) is 19.0 Å². The first-order valence-corrected chi connectivity index (χ1v) is 7.86. The summed E-state index contributed by atoms with van der Waals surface area (Å²) in [5, 5.41) is 12.7. The van der Waals surface area contributed by atoms with Gasteiger partial charge in [-0.3, -0.25) is 9.59 Å². The SMILES string of the molecule is NC(=O)c1cnc(C(=O)NCC(O)CN2CCCCCC2)cn1. The molecule has 2 heterocycles. The van der Waals surface area contributed by atoms with Crippen LogP contribution in [0.3, 0.4) is 0 Å². The molecule has 2 amide bonds. The van der Waals surface area contributed by atoms with E-state index in [0.29, 0.717) is 6.54 Å². The molecule has 1 atom stereocenters. The van der Waals surface area contributed by atoms with Crippen LogP contribution in [0.1, 0.15) is 46.7 Å². The number of aliphatic hydroxyl groups excluding tert-OH is 1. The molecule has 0 aromatic carbocycles. The first-order valence-electron chi connectivity index (χ1n) is 7.86. The Morgan fingerprint density at radius 3 is 2.35 bits per heavy atom. The number of nitrogens with two attached hydrogens (primary N) is 1. The Kier molecular flexibility index (Phi) is 6.42. The maximum absolute atomic E-state index is 11.9. The van der Waals surface area contributed by atoms with Gasteiger partial charge in [0.15, 0.2) is 0 Å². The minimum atomic E-state index is -0.697. The van der Waals surface area contributed by atoms with Gasteiger partial charge in [0.1, 0.15) is 11.4 Å². The zero-order valence-corrected chi connectivity index (χ0v) is 13.1. The summed E-state index contributed by atoms with van der Waals surface area (Å²) in [7, 11) is 0. The quantitative estimate of drug-likeness (QED) is 0.652. The standard InChI is InChI=1S/C15H23N5O3/c16-14(22)12-8-18-13(9-17-12)15(23)19-7-11(21)10-20-5-3-1-2-4-6-20/h8-9,11,21H,1-7,10H2,(H2,16,22)(H,19,23). The Balaban J connectivity index is 1.77. The summed E-state index contributed by atoms with van der Waals surface area (Å²) in [5.41, 5.74) is 5.14. The number of primary amides is 1. The number of carbonyl (C=O) groups excluding carboxylic acids is 2. The van der Waals surface area contributed by atoms with Crippen molar-refractivity contribution in [2.24, 2.45) is 5.73 Å². The molecule has 2 rings (SSSR count). The lowest BCUT2D eigenvalue weighted by Crippen LogP contribution is -2.40. The third-order valence-electron chi connectivity index (χ3n) is 3.80. The van der Waals surface area contributed by atoms with E-state index in [9.17, 15) is 14.7 Å². The number of hydrogen-bond donors (Lipinski definition) is 3. The van der Waals surface area contributed by atoms with E-state index in [1.807, 2.05) is 0 Å². The van der Waals surface area contributed by atoms with Crippen LogP contribution in [0.25, 0.3) is 0 Å². The van der Waals surface area contributed by atoms with Gasteiger partial charge in [-0.2, -0.15) is 0 Å². The molecule has 1 aromatic rings. The van der Waals surface area contributed by atoms with E-state index in [0.717, 1.165) is 32.1 Å². The summed E-state index contributed by atoms with van der Waals surface area (Å²) in [6, 6.07) is 0. The van der Waals surface area contributed by atoms with E-state index in [-0.39, 0.29) is 17.9 Å². The van der Waals surface area contributed by atoms with Gasteiger partial charge in [0, 0.05) is 13.1 Å². The van der Waals surface area contributed by atoms with Crippen LogP contribution in [-0.2, 0) is 0 Å². The van der Waals surface area contributed by atoms with Crippen molar-refractivity contribution < 1.29 is 14.7 Å². The van der Waals surface area contributed by atoms with Crippen molar-refractivity contribution in [3.63, 3.8) is 0 Å². The van der Waals surface area contributed by atoms with Gasteiger partial charge < -0.3 is 21.1 Å². The molecule has 8 nitrogen and oxygen atoms in total. The van der Waals surface area contributed by atoms with Crippen LogP contribution in [0.15, 0.2) is 12.4 Å². The lowest BCUT2D eigenvalue weighted by molar-refractivity contribution is 0.0857. The molecule has 0 aliphatic carbocycles. The highest BCUT2D eigenvalue weighted by Gasteiger charge is 2.16. The number of aromatic nitrogens is 2. The Morgan fingerprint density at radius 1 is 1.17 bits per heavy atom. The number of nitrogens with one attached hydrogen (secondary N) is 1. The van der Waals surface area contributed by atoms with E-state index in [4.69, 9.17) is 5.73 Å². The highest BCUT2D eigenvalue weighted by molar-refractivity contribution is 5.93. The molecule has 1 aliphatic rings. The maximum atomic E-state index is 11.9. The zero-order chi connectivity index (χ0) is 16.7. The first kappa shape index (κ1) is 17.3. The second-order valence-electron chi connectivity index (χ2n) is 5.73. The van der Waals surface area contributed by atoms with E-state index < -0.39 is 17.9 Å². The number of hydrogen-bond acceptors (Lipinski definition) is 6. The van der Waals surface area contributed by atoms with Crippen LogP contribution in [0.5, 0.6) is 0 Å². The Hall–Kier alpha value is -2.06. The van der Waals surface area contributed by atoms with Crippen molar-refractivity contribution in [3.05, 3.63) is 23.8 Å². The number of carbonyl (C=O) groups is 2. The van der Waals surface area contributed by atoms with Crippen LogP contribution < -0.4 is 11.1 Å². The molecule has 0 saturated carbocycles. The fourth-order valence-electron chi connectivity index (χ4n) is 2.55. The van der Waals surface area contributed by atoms with Gasteiger partial charge in [-0.15, -0.1) is 0 Å². The minimum Gasteiger partial charge on any atom is -0.390 e. The highest BCUT2D eigenvalue weighted by Crippen LogP contribution is 2.09. The van der Waals surface area contributed by atoms with Gasteiger partial charge >= 0.3 is 0 Å². The fourth-order valence-corrected chi connectivity index (χ4v) is 2.55. The van der Waals surface area contributed by atoms with E-state index in [1.54, 1.807) is 0 Å². The molecule has 1 fully saturated rings. The van der Waals surface area contributed by atoms with Gasteiger partial charge in [0.05, 0.1) is 18.5 Å². The molecule has 1 unspecified atom stereocenters. The van der Waals surface area contributed by atoms with E-state index in [2.05, 4.69) is 20.2 Å². The maximum Gasteiger partial charge on any atom is 0.271 e. The van der Waals surface area contributed by atoms with Crippen molar-refractivity contribution in [3.8, 4) is 0 Å². The van der Waals surface area contributed by atoms with Crippen LogP contribution >= 0.6 is 0 Å². The monoisotopic (exact) mass is 321 g/mol. The average molecular weight is 321 g/mol. The van der Waals surface area contributed by atoms with Crippen molar-refractivity contribution >= 4 is 11.8 Å². The molecule has 0 spiro atoms. The summed E-state index contributed by atoms with van der Waals surface area (Å²) >= 11 is 0. The van der Waals surface area contributed by atoms with Crippen molar-refractivity contribution in [1.82, 2.24) is 20.2 Å². The van der Waals surface area contributed by atoms with Gasteiger partial charge in [-0.1, -0.05) is 12.8 Å². The summed E-state index contributed by atoms with van der Waals surface area (Å²) < 4.78 is 0. The molecule has 1 aromatic heterocycles. The molecule has 4 N–H and O–H groups in total. The number of β-amino-alcohol motifs (C(OH)–C–C–N with tert-alkyl or cyclic N) is 1. The molecule has 1 aliphatic heterocycles. The molecular weight excluding hydrogens is 298 g/mol. The summed E-state index contributed by atoms with van der Waals surface area (Å²) in [4.78, 5) is 32.6. The number of rotatable bonds is 6. The summed E-state index contributed by atoms with van der Waals surface area (Å²) in [5.74, 6) is -1.14. The fraction of sp³-hybridized carbons (Fsp3) is 0.600. The third kappa shape index (κ3) is 5.57. The number of likely N-dealkylation sites (tertiary alicyclic amines) is 1. The third-order valence-corrected chi connectivity index (χ3v) is 3.80. The van der Waals surface area contributed by atoms with Crippen LogP contribution in [0.2, 0.25) is 0 Å². The van der Waals surface area contributed by atoms with Crippen molar-refractivity contribution in [1.29, 1.82) is 0 Å². The Morgan fingerprint density at radius 2 is 1.78 bits per heavy atom. The predicted molar refractivity (Wildman–Crippen MR) is 83.8 cm³/mol. The van der Waals surface area contributed by atoms with Crippen LogP contribution in [0, 0.1) is 0 Å². The Labute approximate surface area is 135 Å². The number of amides is 2. The summed E-state index contributed by atoms with van der Waals surface area (Å²) in [6.45, 7) is 2.68. The molecule has 1 saturated heterocycles. The van der Waals surface area contributed by atoms with Gasteiger partial charge in [-0.25, -0.2) is 9.97 Å². The largest absolute Gasteiger partial charge is 0.390 e. The first-order chi connectivity index (χ1) is 11.1. The highest BCUT2D eigenvalue weighted by atomic mass is 16.3. The number of nitrogens with zero attached hydrogens (tertiary/aromatic N) is 3. The normalized spacial score (nSPS) is 17.3. The second-order valence-corrected chi connectivity index (χ2v) is 5.73. The lowest BCUT2D eigenvalue weighted by Gasteiger charge is -2.23. The van der Waals surface area contributed by atoms with Crippen molar-refractivity contribution in [2.75, 3.05) is 26.2 Å². The lowest BCUT2D eigenvalue weighted by atomic mass is 10.2. The van der Waals surface area contributed by atoms with Gasteiger partial charge in [0.25, 0.3) is 11.8 Å². The molecule has 0 radical (unpaired) electrons. The summed E-state index contributed by atoms with van der Waals surface area (Å²) in [6.07, 6.45) is 6.51. The topological polar surface area (TPSA) is 121 Å². The predicted octanol–water partition coefficient (Wildman–Crippen LogP) is -0.458. The van der Waals surface area contributed by atoms with E-state index >= 15 is 0 Å². The van der Waals surface area contributed by atoms with Gasteiger partial charge in [0.2, 0.25) is 0 Å². The molecule has 8 heteroatoms. The van der Waals surface area contributed by atoms with Crippen LogP contribution in [0.4, 0.5) is 0 Å². The van der Waals surface area contributed by atoms with Gasteiger partial charge in [-0.05, 0) is 25.9 Å². The molecular formula is C15H23N5O3. The second kappa shape index (κ2) is 8.54. The zero-order valence-electron chi connectivity index (χ0n) is 13.1.